The maximum atomic E-state index is 13.2. The average molecular weight is 337 g/mol. The Kier molecular flexibility index (Phi) is 4.23. The highest BCUT2D eigenvalue weighted by Crippen LogP contribution is 2.28. The lowest BCUT2D eigenvalue weighted by Crippen LogP contribution is -2.55. The zero-order chi connectivity index (χ0) is 17.3. The summed E-state index contributed by atoms with van der Waals surface area (Å²) in [6.07, 6.45) is 2.13. The molecule has 0 radical (unpaired) electrons. The van der Waals surface area contributed by atoms with Gasteiger partial charge in [-0.1, -0.05) is 0 Å². The van der Waals surface area contributed by atoms with Crippen molar-refractivity contribution < 1.29 is 23.4 Å². The third-order valence-corrected chi connectivity index (χ3v) is 4.06. The van der Waals surface area contributed by atoms with E-state index >= 15 is 0 Å². The van der Waals surface area contributed by atoms with Gasteiger partial charge in [0, 0.05) is 24.6 Å². The van der Waals surface area contributed by atoms with Crippen LogP contribution in [0.1, 0.15) is 17.3 Å². The van der Waals surface area contributed by atoms with Crippen molar-refractivity contribution in [2.24, 2.45) is 0 Å². The van der Waals surface area contributed by atoms with Gasteiger partial charge in [-0.15, -0.1) is 0 Å². The Morgan fingerprint density at radius 3 is 2.92 bits per heavy atom. The van der Waals surface area contributed by atoms with E-state index in [4.69, 9.17) is 4.74 Å². The number of hydrogen-bond donors (Lipinski definition) is 1. The molecule has 0 saturated carbocycles. The number of imidazole rings is 1. The van der Waals surface area contributed by atoms with Gasteiger partial charge in [0.2, 0.25) is 0 Å². The molecule has 2 aromatic rings. The normalized spacial score (nSPS) is 21.2. The van der Waals surface area contributed by atoms with Crippen LogP contribution in [0.4, 0.5) is 8.78 Å². The summed E-state index contributed by atoms with van der Waals surface area (Å²) in [6.45, 7) is 1.25. The molecule has 24 heavy (non-hydrogen) atoms. The smallest absolute Gasteiger partial charge is 0.268 e. The largest absolute Gasteiger partial charge is 0.507 e. The molecule has 1 aromatic carbocycles. The lowest BCUT2D eigenvalue weighted by atomic mass is 10.0. The molecule has 1 unspecified atom stereocenters. The molecule has 1 aromatic heterocycles. The highest BCUT2D eigenvalue weighted by molar-refractivity contribution is 5.97. The van der Waals surface area contributed by atoms with E-state index in [-0.39, 0.29) is 31.0 Å². The number of rotatable bonds is 3. The van der Waals surface area contributed by atoms with E-state index in [0.717, 1.165) is 0 Å². The third kappa shape index (κ3) is 2.96. The second-order valence-corrected chi connectivity index (χ2v) is 5.86. The van der Waals surface area contributed by atoms with E-state index < -0.39 is 17.9 Å². The molecule has 128 valence electrons. The standard InChI is InChI=1S/C16H17F2N3O3/c1-16(15(17)18)9-20(6-7-24-16)14(23)12-8-11(2-3-13(12)22)21-5-4-19-10-21/h2-5,8,10,15,22H,6-7,9H2,1H3. The number of benzene rings is 1. The first-order chi connectivity index (χ1) is 11.4. The van der Waals surface area contributed by atoms with Crippen LogP contribution in [0.2, 0.25) is 0 Å². The minimum Gasteiger partial charge on any atom is -0.507 e. The average Bonchev–Trinajstić information content (AvgIpc) is 3.09. The monoisotopic (exact) mass is 337 g/mol. The SMILES string of the molecule is CC1(C(F)F)CN(C(=O)c2cc(-n3ccnc3)ccc2O)CCO1. The first-order valence-electron chi connectivity index (χ1n) is 7.43. The van der Waals surface area contributed by atoms with Crippen molar-refractivity contribution in [2.75, 3.05) is 19.7 Å². The van der Waals surface area contributed by atoms with Gasteiger partial charge < -0.3 is 19.3 Å². The van der Waals surface area contributed by atoms with Crippen molar-refractivity contribution in [1.29, 1.82) is 0 Å². The van der Waals surface area contributed by atoms with E-state index in [1.165, 1.54) is 24.0 Å². The summed E-state index contributed by atoms with van der Waals surface area (Å²) < 4.78 is 33.1. The van der Waals surface area contributed by atoms with Crippen LogP contribution >= 0.6 is 0 Å². The number of amides is 1. The van der Waals surface area contributed by atoms with Crippen molar-refractivity contribution in [3.8, 4) is 11.4 Å². The molecular weight excluding hydrogens is 320 g/mol. The van der Waals surface area contributed by atoms with Crippen LogP contribution in [-0.2, 0) is 4.74 Å². The fraction of sp³-hybridized carbons (Fsp3) is 0.375. The summed E-state index contributed by atoms with van der Waals surface area (Å²) in [4.78, 5) is 17.9. The van der Waals surface area contributed by atoms with Crippen LogP contribution in [-0.4, -0.2) is 57.2 Å². The van der Waals surface area contributed by atoms with Crippen molar-refractivity contribution in [3.05, 3.63) is 42.5 Å². The molecule has 3 rings (SSSR count). The maximum absolute atomic E-state index is 13.2. The summed E-state index contributed by atoms with van der Waals surface area (Å²) in [5.74, 6) is -0.709. The van der Waals surface area contributed by atoms with Crippen LogP contribution in [0, 0.1) is 0 Å². The number of phenols is 1. The number of halogens is 2. The zero-order valence-electron chi connectivity index (χ0n) is 13.0. The topological polar surface area (TPSA) is 67.6 Å². The number of phenolic OH excluding ortho intramolecular Hbond substituents is 1. The predicted octanol–water partition coefficient (Wildman–Crippen LogP) is 2.07. The fourth-order valence-corrected chi connectivity index (χ4v) is 2.64. The summed E-state index contributed by atoms with van der Waals surface area (Å²) >= 11 is 0. The number of aromatic nitrogens is 2. The molecule has 1 fully saturated rings. The van der Waals surface area contributed by atoms with Crippen LogP contribution in [0.3, 0.4) is 0 Å². The Morgan fingerprint density at radius 1 is 1.46 bits per heavy atom. The van der Waals surface area contributed by atoms with Gasteiger partial charge in [-0.25, -0.2) is 13.8 Å². The molecule has 1 atom stereocenters. The van der Waals surface area contributed by atoms with Gasteiger partial charge in [0.25, 0.3) is 12.3 Å². The lowest BCUT2D eigenvalue weighted by molar-refractivity contribution is -0.162. The molecule has 2 heterocycles. The molecule has 1 aliphatic heterocycles. The molecule has 6 nitrogen and oxygen atoms in total. The molecule has 0 bridgehead atoms. The summed E-state index contributed by atoms with van der Waals surface area (Å²) in [5, 5.41) is 10.0. The first-order valence-corrected chi connectivity index (χ1v) is 7.43. The molecule has 0 spiro atoms. The molecule has 0 aliphatic carbocycles. The summed E-state index contributed by atoms with van der Waals surface area (Å²) in [6, 6.07) is 4.54. The second-order valence-electron chi connectivity index (χ2n) is 5.86. The predicted molar refractivity (Wildman–Crippen MR) is 81.5 cm³/mol. The Balaban J connectivity index is 1.88. The molecular formula is C16H17F2N3O3. The Hall–Kier alpha value is -2.48. The number of morpholine rings is 1. The summed E-state index contributed by atoms with van der Waals surface area (Å²) in [7, 11) is 0. The number of ether oxygens (including phenoxy) is 1. The second kappa shape index (κ2) is 6.20. The number of nitrogens with zero attached hydrogens (tertiary/aromatic N) is 3. The van der Waals surface area contributed by atoms with E-state index in [0.29, 0.717) is 5.69 Å². The van der Waals surface area contributed by atoms with Crippen LogP contribution in [0.15, 0.2) is 36.9 Å². The Morgan fingerprint density at radius 2 is 2.25 bits per heavy atom. The zero-order valence-corrected chi connectivity index (χ0v) is 13.0. The van der Waals surface area contributed by atoms with Crippen LogP contribution in [0.25, 0.3) is 5.69 Å². The Labute approximate surface area is 137 Å². The Bertz CT molecular complexity index is 736. The van der Waals surface area contributed by atoms with Crippen molar-refractivity contribution in [3.63, 3.8) is 0 Å². The highest BCUT2D eigenvalue weighted by Gasteiger charge is 2.42. The lowest BCUT2D eigenvalue weighted by Gasteiger charge is -2.39. The highest BCUT2D eigenvalue weighted by atomic mass is 19.3. The van der Waals surface area contributed by atoms with Crippen molar-refractivity contribution in [2.45, 2.75) is 19.0 Å². The van der Waals surface area contributed by atoms with Gasteiger partial charge in [-0.2, -0.15) is 0 Å². The molecule has 1 aliphatic rings. The van der Waals surface area contributed by atoms with Gasteiger partial charge in [-0.05, 0) is 25.1 Å². The number of aromatic hydroxyl groups is 1. The molecule has 1 saturated heterocycles. The van der Waals surface area contributed by atoms with Gasteiger partial charge in [0.1, 0.15) is 11.4 Å². The van der Waals surface area contributed by atoms with Crippen LogP contribution in [0.5, 0.6) is 5.75 Å². The number of hydrogen-bond acceptors (Lipinski definition) is 4. The fourth-order valence-electron chi connectivity index (χ4n) is 2.64. The van der Waals surface area contributed by atoms with Gasteiger partial charge >= 0.3 is 0 Å². The minimum absolute atomic E-state index is 0.0224. The van der Waals surface area contributed by atoms with Crippen molar-refractivity contribution in [1.82, 2.24) is 14.5 Å². The van der Waals surface area contributed by atoms with E-state index in [1.54, 1.807) is 29.4 Å². The minimum atomic E-state index is -2.71. The van der Waals surface area contributed by atoms with Gasteiger partial charge in [0.05, 0.1) is 25.0 Å². The number of carbonyl (C=O) groups is 1. The van der Waals surface area contributed by atoms with E-state index in [9.17, 15) is 18.7 Å². The van der Waals surface area contributed by atoms with Crippen molar-refractivity contribution >= 4 is 5.91 Å². The molecule has 1 N–H and O–H groups in total. The first kappa shape index (κ1) is 16.4. The summed E-state index contributed by atoms with van der Waals surface area (Å²) in [5.41, 5.74) is -1.01. The number of carbonyl (C=O) groups excluding carboxylic acids is 1. The van der Waals surface area contributed by atoms with E-state index in [2.05, 4.69) is 4.98 Å². The van der Waals surface area contributed by atoms with E-state index in [1.807, 2.05) is 0 Å². The van der Waals surface area contributed by atoms with Gasteiger partial charge in [-0.3, -0.25) is 4.79 Å². The van der Waals surface area contributed by atoms with Crippen LogP contribution < -0.4 is 0 Å². The quantitative estimate of drug-likeness (QED) is 0.931. The molecule has 8 heteroatoms. The third-order valence-electron chi connectivity index (χ3n) is 4.06. The number of alkyl halides is 2. The maximum Gasteiger partial charge on any atom is 0.268 e. The molecule has 1 amide bonds. The van der Waals surface area contributed by atoms with Gasteiger partial charge in [0.15, 0.2) is 0 Å².